The van der Waals surface area contributed by atoms with E-state index < -0.39 is 0 Å². The second-order valence-corrected chi connectivity index (χ2v) is 5.61. The van der Waals surface area contributed by atoms with Crippen molar-refractivity contribution < 1.29 is 19.1 Å². The van der Waals surface area contributed by atoms with Gasteiger partial charge in [0.15, 0.2) is 0 Å². The number of likely N-dealkylation sites (N-methyl/N-ethyl adjacent to an activating group) is 1. The average molecular weight is 408 g/mol. The van der Waals surface area contributed by atoms with E-state index >= 15 is 0 Å². The van der Waals surface area contributed by atoms with Gasteiger partial charge < -0.3 is 25.4 Å². The van der Waals surface area contributed by atoms with Crippen LogP contribution in [0.1, 0.15) is 24.2 Å². The molecule has 7 nitrogen and oxygen atoms in total. The Balaban J connectivity index is 0.00000392. The minimum Gasteiger partial charge on any atom is -0.492 e. The smallest absolute Gasteiger partial charge is 0.255 e. The highest BCUT2D eigenvalue weighted by molar-refractivity contribution is 6.05. The van der Waals surface area contributed by atoms with Crippen LogP contribution in [0, 0.1) is 0 Å². The third-order valence-corrected chi connectivity index (χ3v) is 3.58. The number of nitrogens with one attached hydrogen (secondary N) is 3. The number of amides is 2. The largest absolute Gasteiger partial charge is 0.492 e. The minimum atomic E-state index is -0.258. The van der Waals surface area contributed by atoms with Gasteiger partial charge >= 0.3 is 0 Å². The van der Waals surface area contributed by atoms with Crippen LogP contribution in [0.4, 0.5) is 11.4 Å². The van der Waals surface area contributed by atoms with Gasteiger partial charge in [0.25, 0.3) is 5.91 Å². The van der Waals surface area contributed by atoms with Crippen LogP contribution in [0.3, 0.4) is 0 Å². The highest BCUT2D eigenvalue weighted by Crippen LogP contribution is 2.37. The number of carbonyl (C=O) groups excluding carboxylic acids is 2. The maximum atomic E-state index is 12.5. The lowest BCUT2D eigenvalue weighted by Gasteiger charge is -2.18. The molecule has 0 unspecified atom stereocenters. The molecule has 0 heterocycles. The first-order chi connectivity index (χ1) is 13.1. The predicted molar refractivity (Wildman–Crippen MR) is 113 cm³/mol. The molecule has 152 valence electrons. The molecule has 0 radical (unpaired) electrons. The van der Waals surface area contributed by atoms with Crippen molar-refractivity contribution in [1.29, 1.82) is 0 Å². The van der Waals surface area contributed by atoms with Crippen LogP contribution in [-0.4, -0.2) is 38.6 Å². The normalized spacial score (nSPS) is 9.82. The standard InChI is InChI=1S/C20H25N3O4.ClH/c1-4-26-17-12-16(23-20(25)14-9-7-6-8-10-14)18(27-5-2)11-15(17)22-19(24)13-21-3;/h6-12,21H,4-5,13H2,1-3H3,(H,22,24)(H,23,25);1H. The van der Waals surface area contributed by atoms with Crippen LogP contribution in [0.15, 0.2) is 42.5 Å². The highest BCUT2D eigenvalue weighted by Gasteiger charge is 2.16. The summed E-state index contributed by atoms with van der Waals surface area (Å²) in [5.74, 6) is 0.437. The van der Waals surface area contributed by atoms with Crippen LogP contribution < -0.4 is 25.4 Å². The number of anilines is 2. The van der Waals surface area contributed by atoms with Gasteiger partial charge in [-0.15, -0.1) is 12.4 Å². The monoisotopic (exact) mass is 407 g/mol. The zero-order valence-corrected chi connectivity index (χ0v) is 17.0. The number of hydrogen-bond acceptors (Lipinski definition) is 5. The van der Waals surface area contributed by atoms with E-state index in [1.54, 1.807) is 43.4 Å². The summed E-state index contributed by atoms with van der Waals surface area (Å²) in [5.41, 5.74) is 1.49. The molecule has 0 aliphatic rings. The molecule has 0 aliphatic heterocycles. The number of rotatable bonds is 9. The highest BCUT2D eigenvalue weighted by atomic mass is 35.5. The molecule has 3 N–H and O–H groups in total. The summed E-state index contributed by atoms with van der Waals surface area (Å²) in [6.07, 6.45) is 0. The van der Waals surface area contributed by atoms with E-state index in [0.29, 0.717) is 41.7 Å². The molecule has 0 saturated carbocycles. The number of benzene rings is 2. The van der Waals surface area contributed by atoms with Gasteiger partial charge in [-0.2, -0.15) is 0 Å². The van der Waals surface area contributed by atoms with Gasteiger partial charge in [-0.05, 0) is 33.0 Å². The quantitative estimate of drug-likeness (QED) is 0.593. The molecule has 0 bridgehead atoms. The maximum Gasteiger partial charge on any atom is 0.255 e. The average Bonchev–Trinajstić information content (AvgIpc) is 2.66. The van der Waals surface area contributed by atoms with Gasteiger partial charge in [0, 0.05) is 17.7 Å². The Hall–Kier alpha value is -2.77. The SMILES string of the molecule is CCOc1cc(NC(=O)c2ccccc2)c(OCC)cc1NC(=O)CNC.Cl. The topological polar surface area (TPSA) is 88.7 Å². The Bertz CT molecular complexity index is 785. The summed E-state index contributed by atoms with van der Waals surface area (Å²) >= 11 is 0. The molecular weight excluding hydrogens is 382 g/mol. The van der Waals surface area contributed by atoms with Crippen molar-refractivity contribution in [1.82, 2.24) is 5.32 Å². The number of halogens is 1. The molecule has 2 rings (SSSR count). The summed E-state index contributed by atoms with van der Waals surface area (Å²) in [6, 6.07) is 12.2. The lowest BCUT2D eigenvalue weighted by Crippen LogP contribution is -2.25. The summed E-state index contributed by atoms with van der Waals surface area (Å²) in [5, 5.41) is 8.43. The first kappa shape index (κ1) is 23.3. The molecule has 0 saturated heterocycles. The maximum absolute atomic E-state index is 12.5. The Labute approximate surface area is 171 Å². The van der Waals surface area contributed by atoms with E-state index in [1.807, 2.05) is 19.9 Å². The molecule has 0 aliphatic carbocycles. The van der Waals surface area contributed by atoms with Gasteiger partial charge in [-0.3, -0.25) is 9.59 Å². The molecule has 2 amide bonds. The Morgan fingerprint density at radius 1 is 0.893 bits per heavy atom. The second-order valence-electron chi connectivity index (χ2n) is 5.61. The fourth-order valence-corrected chi connectivity index (χ4v) is 2.44. The van der Waals surface area contributed by atoms with Crippen LogP contribution in [-0.2, 0) is 4.79 Å². The number of hydrogen-bond donors (Lipinski definition) is 3. The lowest BCUT2D eigenvalue weighted by molar-refractivity contribution is -0.115. The summed E-state index contributed by atoms with van der Waals surface area (Å²) in [4.78, 5) is 24.4. The second kappa shape index (κ2) is 11.8. The van der Waals surface area contributed by atoms with Crippen LogP contribution >= 0.6 is 12.4 Å². The zero-order chi connectivity index (χ0) is 19.6. The molecular formula is C20H26ClN3O4. The van der Waals surface area contributed by atoms with Gasteiger partial charge in [-0.1, -0.05) is 18.2 Å². The van der Waals surface area contributed by atoms with E-state index in [1.165, 1.54) is 0 Å². The van der Waals surface area contributed by atoms with Crippen molar-refractivity contribution >= 4 is 35.6 Å². The van der Waals surface area contributed by atoms with Crippen molar-refractivity contribution in [2.75, 3.05) is 37.4 Å². The van der Waals surface area contributed by atoms with Crippen molar-refractivity contribution in [3.8, 4) is 11.5 Å². The molecule has 0 fully saturated rings. The molecule has 8 heteroatoms. The first-order valence-electron chi connectivity index (χ1n) is 8.83. The lowest BCUT2D eigenvalue weighted by atomic mass is 10.2. The van der Waals surface area contributed by atoms with Gasteiger partial charge in [0.2, 0.25) is 5.91 Å². The molecule has 0 aromatic heterocycles. The molecule has 2 aromatic rings. The van der Waals surface area contributed by atoms with E-state index in [0.717, 1.165) is 0 Å². The van der Waals surface area contributed by atoms with Gasteiger partial charge in [0.05, 0.1) is 31.1 Å². The van der Waals surface area contributed by atoms with Crippen LogP contribution in [0.25, 0.3) is 0 Å². The van der Waals surface area contributed by atoms with Crippen molar-refractivity contribution in [3.05, 3.63) is 48.0 Å². The number of carbonyl (C=O) groups is 2. The summed E-state index contributed by atoms with van der Waals surface area (Å²) in [7, 11) is 1.69. The number of ether oxygens (including phenoxy) is 2. The third kappa shape index (κ3) is 6.44. The first-order valence-corrected chi connectivity index (χ1v) is 8.83. The molecule has 0 spiro atoms. The Morgan fingerprint density at radius 2 is 1.43 bits per heavy atom. The Morgan fingerprint density at radius 3 is 1.93 bits per heavy atom. The van der Waals surface area contributed by atoms with E-state index in [9.17, 15) is 9.59 Å². The minimum absolute atomic E-state index is 0. The van der Waals surface area contributed by atoms with Gasteiger partial charge in [-0.25, -0.2) is 0 Å². The summed E-state index contributed by atoms with van der Waals surface area (Å²) in [6.45, 7) is 4.68. The zero-order valence-electron chi connectivity index (χ0n) is 16.2. The third-order valence-electron chi connectivity index (χ3n) is 3.58. The van der Waals surface area contributed by atoms with E-state index in [-0.39, 0.29) is 30.8 Å². The molecule has 2 aromatic carbocycles. The Kier molecular flexibility index (Phi) is 9.84. The van der Waals surface area contributed by atoms with Crippen molar-refractivity contribution in [2.24, 2.45) is 0 Å². The van der Waals surface area contributed by atoms with Crippen molar-refractivity contribution in [2.45, 2.75) is 13.8 Å². The molecule has 0 atom stereocenters. The van der Waals surface area contributed by atoms with E-state index in [4.69, 9.17) is 9.47 Å². The summed E-state index contributed by atoms with van der Waals surface area (Å²) < 4.78 is 11.3. The van der Waals surface area contributed by atoms with Crippen molar-refractivity contribution in [3.63, 3.8) is 0 Å². The van der Waals surface area contributed by atoms with Crippen LogP contribution in [0.2, 0.25) is 0 Å². The fraction of sp³-hybridized carbons (Fsp3) is 0.300. The van der Waals surface area contributed by atoms with E-state index in [2.05, 4.69) is 16.0 Å². The molecule has 28 heavy (non-hydrogen) atoms. The van der Waals surface area contributed by atoms with Gasteiger partial charge in [0.1, 0.15) is 11.5 Å². The van der Waals surface area contributed by atoms with Crippen LogP contribution in [0.5, 0.6) is 11.5 Å². The fourth-order valence-electron chi connectivity index (χ4n) is 2.44. The predicted octanol–water partition coefficient (Wildman–Crippen LogP) is 3.32.